The average molecular weight is 341 g/mol. The number of hydrogen-bond acceptors (Lipinski definition) is 4. The molecule has 0 heterocycles. The molecule has 0 spiro atoms. The molecule has 2 aromatic rings. The quantitative estimate of drug-likeness (QED) is 0.690. The van der Waals surface area contributed by atoms with Gasteiger partial charge < -0.3 is 20.7 Å². The Morgan fingerprint density at radius 1 is 1.04 bits per heavy atom. The molecule has 132 valence electrons. The summed E-state index contributed by atoms with van der Waals surface area (Å²) in [7, 11) is 1.57. The Bertz CT molecular complexity index is 714. The molecule has 3 N–H and O–H groups in total. The average Bonchev–Trinajstić information content (AvgIpc) is 2.65. The Morgan fingerprint density at radius 3 is 2.48 bits per heavy atom. The van der Waals surface area contributed by atoms with E-state index in [1.807, 2.05) is 24.3 Å². The van der Waals surface area contributed by atoms with Crippen LogP contribution in [0, 0.1) is 0 Å². The third-order valence-electron chi connectivity index (χ3n) is 3.42. The van der Waals surface area contributed by atoms with Gasteiger partial charge in [0.1, 0.15) is 5.75 Å². The Morgan fingerprint density at radius 2 is 1.80 bits per heavy atom. The van der Waals surface area contributed by atoms with Crippen molar-refractivity contribution in [2.75, 3.05) is 30.8 Å². The summed E-state index contributed by atoms with van der Waals surface area (Å²) in [4.78, 5) is 23.7. The predicted molar refractivity (Wildman–Crippen MR) is 99.2 cm³/mol. The monoisotopic (exact) mass is 341 g/mol. The molecule has 0 saturated heterocycles. The van der Waals surface area contributed by atoms with Crippen molar-refractivity contribution in [3.05, 3.63) is 54.1 Å². The molecule has 0 aromatic heterocycles. The van der Waals surface area contributed by atoms with Crippen molar-refractivity contribution in [2.45, 2.75) is 13.3 Å². The van der Waals surface area contributed by atoms with Crippen LogP contribution in [0.5, 0.6) is 5.75 Å². The molecule has 0 saturated carbocycles. The van der Waals surface area contributed by atoms with Crippen LogP contribution in [0.3, 0.4) is 0 Å². The highest BCUT2D eigenvalue weighted by atomic mass is 16.5. The van der Waals surface area contributed by atoms with E-state index in [0.717, 1.165) is 17.9 Å². The van der Waals surface area contributed by atoms with Gasteiger partial charge in [-0.05, 0) is 48.9 Å². The number of ether oxygens (including phenoxy) is 1. The molecule has 0 unspecified atom stereocenters. The van der Waals surface area contributed by atoms with Crippen molar-refractivity contribution in [3.63, 3.8) is 0 Å². The second-order valence-corrected chi connectivity index (χ2v) is 5.43. The molecular formula is C19H23N3O3. The highest BCUT2D eigenvalue weighted by molar-refractivity contribution is 5.97. The van der Waals surface area contributed by atoms with Crippen LogP contribution in [-0.2, 0) is 4.79 Å². The summed E-state index contributed by atoms with van der Waals surface area (Å²) >= 11 is 0. The fourth-order valence-electron chi connectivity index (χ4n) is 2.16. The normalized spacial score (nSPS) is 10.0. The molecule has 0 aliphatic rings. The van der Waals surface area contributed by atoms with Gasteiger partial charge in [-0.2, -0.15) is 0 Å². The fourth-order valence-corrected chi connectivity index (χ4v) is 2.16. The second kappa shape index (κ2) is 9.32. The summed E-state index contributed by atoms with van der Waals surface area (Å²) in [6.07, 6.45) is 0.960. The number of carbonyl (C=O) groups is 2. The zero-order valence-corrected chi connectivity index (χ0v) is 14.5. The molecule has 0 radical (unpaired) electrons. The summed E-state index contributed by atoms with van der Waals surface area (Å²) in [6.45, 7) is 2.86. The molecule has 0 atom stereocenters. The van der Waals surface area contributed by atoms with E-state index in [1.54, 1.807) is 31.3 Å². The summed E-state index contributed by atoms with van der Waals surface area (Å²) in [5.74, 6) is 0.419. The van der Waals surface area contributed by atoms with Crippen LogP contribution in [0.2, 0.25) is 0 Å². The zero-order chi connectivity index (χ0) is 18.1. The van der Waals surface area contributed by atoms with E-state index in [1.165, 1.54) is 0 Å². The topological polar surface area (TPSA) is 79.5 Å². The maximum absolute atomic E-state index is 12.0. The summed E-state index contributed by atoms with van der Waals surface area (Å²) in [5, 5.41) is 8.37. The van der Waals surface area contributed by atoms with E-state index in [4.69, 9.17) is 4.74 Å². The molecule has 0 aliphatic heterocycles. The Hall–Kier alpha value is -3.02. The first-order valence-corrected chi connectivity index (χ1v) is 8.21. The Labute approximate surface area is 147 Å². The number of rotatable bonds is 8. The molecular weight excluding hydrogens is 318 g/mol. The lowest BCUT2D eigenvalue weighted by atomic mass is 10.2. The first-order valence-electron chi connectivity index (χ1n) is 8.21. The van der Waals surface area contributed by atoms with Gasteiger partial charge in [-0.15, -0.1) is 0 Å². The van der Waals surface area contributed by atoms with E-state index in [-0.39, 0.29) is 18.4 Å². The van der Waals surface area contributed by atoms with Crippen LogP contribution >= 0.6 is 0 Å². The highest BCUT2D eigenvalue weighted by Gasteiger charge is 2.06. The smallest absolute Gasteiger partial charge is 0.251 e. The zero-order valence-electron chi connectivity index (χ0n) is 14.5. The van der Waals surface area contributed by atoms with Crippen LogP contribution in [0.4, 0.5) is 11.4 Å². The van der Waals surface area contributed by atoms with Crippen LogP contribution in [0.15, 0.2) is 48.5 Å². The van der Waals surface area contributed by atoms with Gasteiger partial charge in [0.05, 0.1) is 13.2 Å². The minimum atomic E-state index is -0.195. The van der Waals surface area contributed by atoms with Crippen molar-refractivity contribution in [1.82, 2.24) is 5.32 Å². The van der Waals surface area contributed by atoms with E-state index >= 15 is 0 Å². The number of amides is 2. The SMILES string of the molecule is CCCOc1ccc(NCC(=O)Nc2cccc(C(=O)NC)c2)cc1. The van der Waals surface area contributed by atoms with Crippen molar-refractivity contribution >= 4 is 23.2 Å². The first-order chi connectivity index (χ1) is 12.1. The number of nitrogens with one attached hydrogen (secondary N) is 3. The van der Waals surface area contributed by atoms with Crippen molar-refractivity contribution < 1.29 is 14.3 Å². The number of anilines is 2. The highest BCUT2D eigenvalue weighted by Crippen LogP contribution is 2.16. The van der Waals surface area contributed by atoms with Gasteiger partial charge in [0, 0.05) is 24.0 Å². The van der Waals surface area contributed by atoms with Crippen LogP contribution in [0.1, 0.15) is 23.7 Å². The number of carbonyl (C=O) groups excluding carboxylic acids is 2. The van der Waals surface area contributed by atoms with E-state index in [9.17, 15) is 9.59 Å². The largest absolute Gasteiger partial charge is 0.494 e. The summed E-state index contributed by atoms with van der Waals surface area (Å²) in [6, 6.07) is 14.2. The first kappa shape index (κ1) is 18.3. The molecule has 6 heteroatoms. The number of benzene rings is 2. The van der Waals surface area contributed by atoms with Gasteiger partial charge in [0.2, 0.25) is 5.91 Å². The standard InChI is InChI=1S/C19H23N3O3/c1-3-11-25-17-9-7-15(8-10-17)21-13-18(23)22-16-6-4-5-14(12-16)19(24)20-2/h4-10,12,21H,3,11,13H2,1-2H3,(H,20,24)(H,22,23). The van der Waals surface area contributed by atoms with Crippen LogP contribution < -0.4 is 20.7 Å². The minimum absolute atomic E-state index is 0.124. The van der Waals surface area contributed by atoms with E-state index < -0.39 is 0 Å². The number of hydrogen-bond donors (Lipinski definition) is 3. The predicted octanol–water partition coefficient (Wildman–Crippen LogP) is 2.89. The van der Waals surface area contributed by atoms with E-state index in [2.05, 4.69) is 22.9 Å². The molecule has 2 amide bonds. The molecule has 25 heavy (non-hydrogen) atoms. The molecule has 2 aromatic carbocycles. The van der Waals surface area contributed by atoms with Crippen molar-refractivity contribution in [1.29, 1.82) is 0 Å². The summed E-state index contributed by atoms with van der Waals surface area (Å²) in [5.41, 5.74) is 1.91. The maximum Gasteiger partial charge on any atom is 0.251 e. The lowest BCUT2D eigenvalue weighted by Crippen LogP contribution is -2.22. The lowest BCUT2D eigenvalue weighted by Gasteiger charge is -2.10. The third kappa shape index (κ3) is 5.84. The van der Waals surface area contributed by atoms with Crippen molar-refractivity contribution in [3.8, 4) is 5.75 Å². The third-order valence-corrected chi connectivity index (χ3v) is 3.42. The molecule has 2 rings (SSSR count). The molecule has 0 aliphatic carbocycles. The molecule has 0 bridgehead atoms. The Kier molecular flexibility index (Phi) is 6.83. The van der Waals surface area contributed by atoms with Crippen LogP contribution in [-0.4, -0.2) is 32.0 Å². The van der Waals surface area contributed by atoms with Gasteiger partial charge in [-0.25, -0.2) is 0 Å². The Balaban J connectivity index is 1.85. The maximum atomic E-state index is 12.0. The van der Waals surface area contributed by atoms with Gasteiger partial charge in [-0.1, -0.05) is 13.0 Å². The van der Waals surface area contributed by atoms with E-state index in [0.29, 0.717) is 17.9 Å². The summed E-state index contributed by atoms with van der Waals surface area (Å²) < 4.78 is 5.51. The minimum Gasteiger partial charge on any atom is -0.494 e. The van der Waals surface area contributed by atoms with Crippen LogP contribution in [0.25, 0.3) is 0 Å². The van der Waals surface area contributed by atoms with Gasteiger partial charge in [-0.3, -0.25) is 9.59 Å². The van der Waals surface area contributed by atoms with Gasteiger partial charge in [0.25, 0.3) is 5.91 Å². The lowest BCUT2D eigenvalue weighted by molar-refractivity contribution is -0.114. The fraction of sp³-hybridized carbons (Fsp3) is 0.263. The molecule has 0 fully saturated rings. The molecule has 6 nitrogen and oxygen atoms in total. The van der Waals surface area contributed by atoms with Gasteiger partial charge in [0.15, 0.2) is 0 Å². The van der Waals surface area contributed by atoms with Crippen molar-refractivity contribution in [2.24, 2.45) is 0 Å². The second-order valence-electron chi connectivity index (χ2n) is 5.43. The van der Waals surface area contributed by atoms with Gasteiger partial charge >= 0.3 is 0 Å².